The van der Waals surface area contributed by atoms with Crippen LogP contribution in [0.25, 0.3) is 0 Å². The van der Waals surface area contributed by atoms with E-state index < -0.39 is 11.9 Å². The van der Waals surface area contributed by atoms with Crippen molar-refractivity contribution < 1.29 is 19.1 Å². The van der Waals surface area contributed by atoms with Gasteiger partial charge < -0.3 is 15.2 Å². The summed E-state index contributed by atoms with van der Waals surface area (Å²) in [5, 5.41) is 0. The number of primary amides is 1. The lowest BCUT2D eigenvalue weighted by atomic mass is 10.1. The van der Waals surface area contributed by atoms with Gasteiger partial charge in [-0.15, -0.1) is 0 Å². The summed E-state index contributed by atoms with van der Waals surface area (Å²) >= 11 is 0. The van der Waals surface area contributed by atoms with E-state index in [4.69, 9.17) is 15.2 Å². The van der Waals surface area contributed by atoms with Crippen molar-refractivity contribution in [1.82, 2.24) is 0 Å². The van der Waals surface area contributed by atoms with Crippen LogP contribution in [0.4, 0.5) is 0 Å². The minimum Gasteiger partial charge on any atom is -0.489 e. The van der Waals surface area contributed by atoms with E-state index in [1.165, 1.54) is 7.11 Å². The first-order valence-corrected chi connectivity index (χ1v) is 6.30. The molecule has 0 unspecified atom stereocenters. The summed E-state index contributed by atoms with van der Waals surface area (Å²) in [5.41, 5.74) is 6.74. The van der Waals surface area contributed by atoms with E-state index in [-0.39, 0.29) is 6.61 Å². The van der Waals surface area contributed by atoms with Crippen molar-refractivity contribution in [1.29, 1.82) is 0 Å². The van der Waals surface area contributed by atoms with Crippen molar-refractivity contribution in [2.75, 3.05) is 7.11 Å². The van der Waals surface area contributed by atoms with Crippen molar-refractivity contribution in [3.63, 3.8) is 0 Å². The number of rotatable bonds is 5. The van der Waals surface area contributed by atoms with Crippen LogP contribution in [-0.2, 0) is 11.3 Å². The maximum atomic E-state index is 11.7. The average molecular weight is 285 g/mol. The molecule has 1 amide bonds. The number of hydrogen-bond acceptors (Lipinski definition) is 4. The highest BCUT2D eigenvalue weighted by Gasteiger charge is 2.11. The topological polar surface area (TPSA) is 78.6 Å². The van der Waals surface area contributed by atoms with Gasteiger partial charge in [-0.2, -0.15) is 0 Å². The van der Waals surface area contributed by atoms with Gasteiger partial charge in [0.15, 0.2) is 0 Å². The molecule has 0 radical (unpaired) electrons. The van der Waals surface area contributed by atoms with Crippen molar-refractivity contribution in [2.45, 2.75) is 6.61 Å². The van der Waals surface area contributed by atoms with Crippen molar-refractivity contribution in [3.8, 4) is 5.75 Å². The second-order valence-electron chi connectivity index (χ2n) is 4.33. The van der Waals surface area contributed by atoms with Crippen molar-refractivity contribution in [2.24, 2.45) is 5.73 Å². The predicted octanol–water partition coefficient (Wildman–Crippen LogP) is 2.15. The molecule has 5 heteroatoms. The first-order chi connectivity index (χ1) is 10.1. The Morgan fingerprint density at radius 2 is 1.86 bits per heavy atom. The Balaban J connectivity index is 2.15. The quantitative estimate of drug-likeness (QED) is 0.854. The van der Waals surface area contributed by atoms with Crippen LogP contribution >= 0.6 is 0 Å². The van der Waals surface area contributed by atoms with Crippen LogP contribution in [-0.4, -0.2) is 19.0 Å². The lowest BCUT2D eigenvalue weighted by Crippen LogP contribution is -2.11. The van der Waals surface area contributed by atoms with Crippen LogP contribution < -0.4 is 10.5 Å². The van der Waals surface area contributed by atoms with Gasteiger partial charge in [0.25, 0.3) is 0 Å². The molecule has 0 aliphatic carbocycles. The molecule has 0 aliphatic rings. The number of esters is 1. The Hall–Kier alpha value is -2.82. The summed E-state index contributed by atoms with van der Waals surface area (Å²) in [5.74, 6) is -0.429. The Labute approximate surface area is 122 Å². The lowest BCUT2D eigenvalue weighted by Gasteiger charge is -2.10. The summed E-state index contributed by atoms with van der Waals surface area (Å²) in [6.45, 7) is 0.188. The summed E-state index contributed by atoms with van der Waals surface area (Å²) in [6, 6.07) is 13.6. The van der Waals surface area contributed by atoms with E-state index in [0.29, 0.717) is 22.4 Å². The molecule has 0 heterocycles. The van der Waals surface area contributed by atoms with Gasteiger partial charge in [0.05, 0.1) is 12.7 Å². The zero-order chi connectivity index (χ0) is 15.2. The molecule has 0 spiro atoms. The summed E-state index contributed by atoms with van der Waals surface area (Å²) in [7, 11) is 1.33. The molecule has 2 rings (SSSR count). The maximum absolute atomic E-state index is 11.7. The fraction of sp³-hybridized carbons (Fsp3) is 0.125. The predicted molar refractivity (Wildman–Crippen MR) is 77.1 cm³/mol. The molecule has 2 aromatic rings. The van der Waals surface area contributed by atoms with E-state index >= 15 is 0 Å². The molecular formula is C16H15NO4. The monoisotopic (exact) mass is 285 g/mol. The largest absolute Gasteiger partial charge is 0.489 e. The number of nitrogens with two attached hydrogens (primary N) is 1. The highest BCUT2D eigenvalue weighted by atomic mass is 16.5. The van der Waals surface area contributed by atoms with Gasteiger partial charge in [-0.3, -0.25) is 4.79 Å². The normalized spacial score (nSPS) is 9.95. The molecule has 2 N–H and O–H groups in total. The van der Waals surface area contributed by atoms with E-state index in [0.717, 1.165) is 0 Å². The fourth-order valence-corrected chi connectivity index (χ4v) is 1.86. The van der Waals surface area contributed by atoms with Gasteiger partial charge in [-0.05, 0) is 24.3 Å². The summed E-state index contributed by atoms with van der Waals surface area (Å²) in [6.07, 6.45) is 0. The van der Waals surface area contributed by atoms with Gasteiger partial charge in [0, 0.05) is 11.1 Å². The smallest absolute Gasteiger partial charge is 0.338 e. The SMILES string of the molecule is COC(=O)c1ccccc1COc1cccc(C(N)=O)c1. The van der Waals surface area contributed by atoms with Crippen LogP contribution in [0.3, 0.4) is 0 Å². The molecule has 0 atom stereocenters. The van der Waals surface area contributed by atoms with E-state index in [9.17, 15) is 9.59 Å². The molecule has 0 aromatic heterocycles. The fourth-order valence-electron chi connectivity index (χ4n) is 1.86. The van der Waals surface area contributed by atoms with Gasteiger partial charge >= 0.3 is 5.97 Å². The molecule has 2 aromatic carbocycles. The molecule has 108 valence electrons. The number of benzene rings is 2. The summed E-state index contributed by atoms with van der Waals surface area (Å²) in [4.78, 5) is 22.8. The van der Waals surface area contributed by atoms with E-state index in [2.05, 4.69) is 0 Å². The van der Waals surface area contributed by atoms with E-state index in [1.54, 1.807) is 42.5 Å². The number of carbonyl (C=O) groups is 2. The zero-order valence-corrected chi connectivity index (χ0v) is 11.5. The molecule has 0 bridgehead atoms. The molecule has 0 saturated heterocycles. The minimum absolute atomic E-state index is 0.188. The number of amides is 1. The van der Waals surface area contributed by atoms with Gasteiger partial charge in [-0.25, -0.2) is 4.79 Å². The third kappa shape index (κ3) is 3.60. The van der Waals surface area contributed by atoms with Crippen LogP contribution in [0.1, 0.15) is 26.3 Å². The molecule has 21 heavy (non-hydrogen) atoms. The minimum atomic E-state index is -0.518. The molecular weight excluding hydrogens is 270 g/mol. The van der Waals surface area contributed by atoms with Crippen LogP contribution in [0.5, 0.6) is 5.75 Å². The zero-order valence-electron chi connectivity index (χ0n) is 11.5. The third-order valence-corrected chi connectivity index (χ3v) is 2.94. The van der Waals surface area contributed by atoms with Crippen LogP contribution in [0, 0.1) is 0 Å². The first kappa shape index (κ1) is 14.6. The second-order valence-corrected chi connectivity index (χ2v) is 4.33. The van der Waals surface area contributed by atoms with Crippen LogP contribution in [0.2, 0.25) is 0 Å². The highest BCUT2D eigenvalue weighted by Crippen LogP contribution is 2.17. The Morgan fingerprint density at radius 1 is 1.10 bits per heavy atom. The highest BCUT2D eigenvalue weighted by molar-refractivity contribution is 5.93. The Kier molecular flexibility index (Phi) is 4.56. The average Bonchev–Trinajstić information content (AvgIpc) is 2.52. The Bertz CT molecular complexity index is 667. The van der Waals surface area contributed by atoms with Crippen molar-refractivity contribution >= 4 is 11.9 Å². The lowest BCUT2D eigenvalue weighted by molar-refractivity contribution is 0.0597. The van der Waals surface area contributed by atoms with Gasteiger partial charge in [0.1, 0.15) is 12.4 Å². The van der Waals surface area contributed by atoms with Gasteiger partial charge in [0.2, 0.25) is 5.91 Å². The van der Waals surface area contributed by atoms with E-state index in [1.807, 2.05) is 6.07 Å². The number of hydrogen-bond donors (Lipinski definition) is 1. The molecule has 0 aliphatic heterocycles. The van der Waals surface area contributed by atoms with Gasteiger partial charge in [-0.1, -0.05) is 24.3 Å². The number of carbonyl (C=O) groups excluding carboxylic acids is 2. The molecule has 5 nitrogen and oxygen atoms in total. The third-order valence-electron chi connectivity index (χ3n) is 2.94. The Morgan fingerprint density at radius 3 is 2.57 bits per heavy atom. The molecule has 0 saturated carbocycles. The van der Waals surface area contributed by atoms with Crippen LogP contribution in [0.15, 0.2) is 48.5 Å². The summed E-state index contributed by atoms with van der Waals surface area (Å²) < 4.78 is 10.3. The van der Waals surface area contributed by atoms with Crippen molar-refractivity contribution in [3.05, 3.63) is 65.2 Å². The first-order valence-electron chi connectivity index (χ1n) is 6.30. The second kappa shape index (κ2) is 6.56. The standard InChI is InChI=1S/C16H15NO4/c1-20-16(19)14-8-3-2-5-12(14)10-21-13-7-4-6-11(9-13)15(17)18/h2-9H,10H2,1H3,(H2,17,18). The maximum Gasteiger partial charge on any atom is 0.338 e. The number of ether oxygens (including phenoxy) is 2. The molecule has 0 fully saturated rings. The number of methoxy groups -OCH3 is 1.